The summed E-state index contributed by atoms with van der Waals surface area (Å²) in [4.78, 5) is 22.4. The van der Waals surface area contributed by atoms with Gasteiger partial charge in [0.1, 0.15) is 5.75 Å². The quantitative estimate of drug-likeness (QED) is 0.168. The van der Waals surface area contributed by atoms with Crippen molar-refractivity contribution >= 4 is 40.1 Å². The third-order valence-corrected chi connectivity index (χ3v) is 8.63. The predicted octanol–water partition coefficient (Wildman–Crippen LogP) is 8.41. The highest BCUT2D eigenvalue weighted by atomic mass is 35.5. The maximum absolute atomic E-state index is 13.8. The van der Waals surface area contributed by atoms with Crippen LogP contribution in [0.3, 0.4) is 0 Å². The summed E-state index contributed by atoms with van der Waals surface area (Å²) in [5, 5.41) is 13.5. The zero-order valence-electron chi connectivity index (χ0n) is 26.3. The Kier molecular flexibility index (Phi) is 9.17. The second kappa shape index (κ2) is 14.0. The number of ether oxygens (including phenoxy) is 1. The second-order valence-electron chi connectivity index (χ2n) is 11.6. The molecule has 1 fully saturated rings. The first-order valence-electron chi connectivity index (χ1n) is 15.7. The van der Waals surface area contributed by atoms with Crippen molar-refractivity contribution in [3.05, 3.63) is 137 Å². The Balaban J connectivity index is 1.20. The number of fused-ring (bicyclic) bond motifs is 1. The molecule has 2 aromatic heterocycles. The van der Waals surface area contributed by atoms with Crippen LogP contribution in [-0.2, 0) is 6.18 Å². The first-order chi connectivity index (χ1) is 24.2. The SMILES string of the molecule is N#Cc1ccc(Nc2nc(Oc3ccnc4ccccc34)nc(N3CCN(C(c4ccccc4)c4ccc(Cl)cc4)CC3)n2)cc1C(F)(F)F. The number of pyridine rings is 1. The summed E-state index contributed by atoms with van der Waals surface area (Å²) in [6.45, 7) is 2.42. The van der Waals surface area contributed by atoms with Gasteiger partial charge in [-0.3, -0.25) is 9.88 Å². The van der Waals surface area contributed by atoms with Crippen molar-refractivity contribution in [3.63, 3.8) is 0 Å². The van der Waals surface area contributed by atoms with Crippen LogP contribution in [0, 0.1) is 11.3 Å². The molecule has 0 saturated carbocycles. The van der Waals surface area contributed by atoms with Crippen LogP contribution < -0.4 is 15.0 Å². The molecule has 7 rings (SSSR count). The molecule has 0 aliphatic carbocycles. The molecule has 1 atom stereocenters. The number of halogens is 4. The van der Waals surface area contributed by atoms with Gasteiger partial charge in [0, 0.05) is 48.5 Å². The number of benzene rings is 4. The minimum absolute atomic E-state index is 0.00993. The highest BCUT2D eigenvalue weighted by molar-refractivity contribution is 6.30. The number of para-hydroxylation sites is 1. The third kappa shape index (κ3) is 7.15. The Morgan fingerprint density at radius 2 is 1.54 bits per heavy atom. The molecule has 1 saturated heterocycles. The van der Waals surface area contributed by atoms with Gasteiger partial charge in [-0.15, -0.1) is 0 Å². The molecule has 3 heterocycles. The topological polar surface area (TPSA) is 103 Å². The van der Waals surface area contributed by atoms with Gasteiger partial charge < -0.3 is 15.0 Å². The standard InChI is InChI=1S/C37H28ClF3N8O/c38-27-13-10-25(11-14-27)33(24-6-2-1-3-7-24)48-18-20-49(21-19-48)35-45-34(44-28-15-12-26(23-42)30(22-28)37(39,40)41)46-36(47-35)50-32-16-17-43-31-9-5-4-8-29(31)32/h1-17,22,33H,18-21H2,(H,44,45,46,47). The van der Waals surface area contributed by atoms with E-state index in [1.807, 2.05) is 71.6 Å². The molecular weight excluding hydrogens is 665 g/mol. The smallest absolute Gasteiger partial charge is 0.417 e. The van der Waals surface area contributed by atoms with Crippen LogP contribution >= 0.6 is 11.6 Å². The normalized spacial score (nSPS) is 14.3. The van der Waals surface area contributed by atoms with Crippen LogP contribution in [0.5, 0.6) is 11.8 Å². The maximum Gasteiger partial charge on any atom is 0.417 e. The molecule has 1 aliphatic heterocycles. The van der Waals surface area contributed by atoms with E-state index >= 15 is 0 Å². The molecule has 1 unspecified atom stereocenters. The van der Waals surface area contributed by atoms with E-state index in [4.69, 9.17) is 16.3 Å². The molecule has 250 valence electrons. The number of nitrogens with one attached hydrogen (secondary N) is 1. The summed E-state index contributed by atoms with van der Waals surface area (Å²) in [5.74, 6) is 0.727. The minimum Gasteiger partial charge on any atom is -0.423 e. The highest BCUT2D eigenvalue weighted by Crippen LogP contribution is 2.35. The van der Waals surface area contributed by atoms with E-state index in [9.17, 15) is 18.4 Å². The van der Waals surface area contributed by atoms with Gasteiger partial charge in [-0.1, -0.05) is 66.2 Å². The third-order valence-electron chi connectivity index (χ3n) is 8.38. The Labute approximate surface area is 290 Å². The van der Waals surface area contributed by atoms with E-state index < -0.39 is 17.3 Å². The maximum atomic E-state index is 13.8. The van der Waals surface area contributed by atoms with Crippen LogP contribution in [0.4, 0.5) is 30.8 Å². The van der Waals surface area contributed by atoms with E-state index in [-0.39, 0.29) is 23.7 Å². The Hall–Kier alpha value is -5.77. The minimum atomic E-state index is -4.73. The number of nitriles is 1. The van der Waals surface area contributed by atoms with Crippen molar-refractivity contribution < 1.29 is 17.9 Å². The van der Waals surface area contributed by atoms with Gasteiger partial charge in [0.2, 0.25) is 11.9 Å². The lowest BCUT2D eigenvalue weighted by molar-refractivity contribution is -0.137. The largest absolute Gasteiger partial charge is 0.423 e. The molecule has 1 N–H and O–H groups in total. The second-order valence-corrected chi connectivity index (χ2v) is 12.0. The van der Waals surface area contributed by atoms with Gasteiger partial charge in [0.05, 0.1) is 28.8 Å². The molecule has 0 amide bonds. The van der Waals surface area contributed by atoms with E-state index in [0.717, 1.165) is 28.6 Å². The number of nitrogens with zero attached hydrogens (tertiary/aromatic N) is 7. The number of piperazine rings is 1. The van der Waals surface area contributed by atoms with Gasteiger partial charge in [-0.05, 0) is 59.7 Å². The summed E-state index contributed by atoms with van der Waals surface area (Å²) < 4.78 is 47.5. The highest BCUT2D eigenvalue weighted by Gasteiger charge is 2.34. The number of hydrogen-bond donors (Lipinski definition) is 1. The summed E-state index contributed by atoms with van der Waals surface area (Å²) in [6.07, 6.45) is -3.12. The van der Waals surface area contributed by atoms with Crippen LogP contribution in [0.15, 0.2) is 109 Å². The van der Waals surface area contributed by atoms with Gasteiger partial charge in [-0.25, -0.2) is 0 Å². The lowest BCUT2D eigenvalue weighted by Crippen LogP contribution is -2.48. The van der Waals surface area contributed by atoms with E-state index in [0.29, 0.717) is 48.4 Å². The average Bonchev–Trinajstić information content (AvgIpc) is 3.13. The fourth-order valence-corrected chi connectivity index (χ4v) is 6.13. The van der Waals surface area contributed by atoms with Crippen molar-refractivity contribution in [2.45, 2.75) is 12.2 Å². The lowest BCUT2D eigenvalue weighted by atomic mass is 9.96. The predicted molar refractivity (Wildman–Crippen MR) is 185 cm³/mol. The Morgan fingerprint density at radius 1 is 0.820 bits per heavy atom. The summed E-state index contributed by atoms with van der Waals surface area (Å²) in [7, 11) is 0. The molecule has 13 heteroatoms. The molecular formula is C37H28ClF3N8O. The molecule has 4 aromatic carbocycles. The molecule has 50 heavy (non-hydrogen) atoms. The molecule has 1 aliphatic rings. The van der Waals surface area contributed by atoms with Crippen molar-refractivity contribution in [3.8, 4) is 17.8 Å². The molecule has 9 nitrogen and oxygen atoms in total. The zero-order chi connectivity index (χ0) is 34.7. The molecule has 0 bridgehead atoms. The van der Waals surface area contributed by atoms with Crippen molar-refractivity contribution in [2.75, 3.05) is 36.4 Å². The van der Waals surface area contributed by atoms with Crippen LogP contribution in [-0.4, -0.2) is 51.0 Å². The fourth-order valence-electron chi connectivity index (χ4n) is 6.00. The van der Waals surface area contributed by atoms with E-state index in [1.54, 1.807) is 18.3 Å². The zero-order valence-corrected chi connectivity index (χ0v) is 27.1. The number of hydrogen-bond acceptors (Lipinski definition) is 9. The first-order valence-corrected chi connectivity index (χ1v) is 16.1. The Morgan fingerprint density at radius 3 is 2.28 bits per heavy atom. The van der Waals surface area contributed by atoms with Crippen LogP contribution in [0.2, 0.25) is 5.02 Å². The van der Waals surface area contributed by atoms with Crippen LogP contribution in [0.25, 0.3) is 10.9 Å². The Bertz CT molecular complexity index is 2160. The molecule has 6 aromatic rings. The van der Waals surface area contributed by atoms with E-state index in [1.165, 1.54) is 6.07 Å². The van der Waals surface area contributed by atoms with Crippen LogP contribution in [0.1, 0.15) is 28.3 Å². The summed E-state index contributed by atoms with van der Waals surface area (Å²) in [5.41, 5.74) is 1.46. The number of aromatic nitrogens is 4. The van der Waals surface area contributed by atoms with Crippen molar-refractivity contribution in [2.24, 2.45) is 0 Å². The molecule has 0 radical (unpaired) electrons. The monoisotopic (exact) mass is 692 g/mol. The summed E-state index contributed by atoms with van der Waals surface area (Å²) in [6, 6.07) is 32.1. The van der Waals surface area contributed by atoms with Gasteiger partial charge >= 0.3 is 12.2 Å². The van der Waals surface area contributed by atoms with E-state index in [2.05, 4.69) is 42.3 Å². The van der Waals surface area contributed by atoms with Gasteiger partial charge in [0.25, 0.3) is 0 Å². The number of alkyl halides is 3. The molecule has 0 spiro atoms. The average molecular weight is 693 g/mol. The summed E-state index contributed by atoms with van der Waals surface area (Å²) >= 11 is 6.21. The first kappa shape index (κ1) is 32.8. The van der Waals surface area contributed by atoms with Crippen molar-refractivity contribution in [1.82, 2.24) is 24.8 Å². The van der Waals surface area contributed by atoms with Gasteiger partial charge in [0.15, 0.2) is 0 Å². The van der Waals surface area contributed by atoms with Gasteiger partial charge in [-0.2, -0.15) is 33.4 Å². The number of rotatable bonds is 8. The fraction of sp³-hybridized carbons (Fsp3) is 0.162. The van der Waals surface area contributed by atoms with Crippen molar-refractivity contribution in [1.29, 1.82) is 5.26 Å². The number of anilines is 3. The lowest BCUT2D eigenvalue weighted by Gasteiger charge is -2.39.